The van der Waals surface area contributed by atoms with Crippen molar-refractivity contribution in [3.05, 3.63) is 53.1 Å². The lowest BCUT2D eigenvalue weighted by Gasteiger charge is -2.37. The molecule has 214 valence electrons. The summed E-state index contributed by atoms with van der Waals surface area (Å²) in [5.41, 5.74) is 1.68. The van der Waals surface area contributed by atoms with E-state index >= 15 is 0 Å². The lowest BCUT2D eigenvalue weighted by molar-refractivity contribution is -0.141. The van der Waals surface area contributed by atoms with Crippen molar-refractivity contribution in [1.29, 1.82) is 0 Å². The van der Waals surface area contributed by atoms with Gasteiger partial charge in [-0.3, -0.25) is 19.1 Å². The Kier molecular flexibility index (Phi) is 9.91. The number of nitrogens with one attached hydrogen (secondary N) is 1. The first-order chi connectivity index (χ1) is 18.3. The van der Waals surface area contributed by atoms with Crippen LogP contribution in [0.25, 0.3) is 0 Å². The molecule has 39 heavy (non-hydrogen) atoms. The SMILES string of the molecule is CC[C@@H](C)C(=O)N[C@H](C(=O)N1CCC[C@H]1CN(CCc1ccc(F)cc1)C(=O)c1cc(C)n(C)n1)C(C)(C)C. The molecule has 0 radical (unpaired) electrons. The molecule has 1 aliphatic rings. The average molecular weight is 542 g/mol. The van der Waals surface area contributed by atoms with Gasteiger partial charge in [0.05, 0.1) is 0 Å². The Hall–Kier alpha value is -3.23. The Balaban J connectivity index is 1.82. The predicted molar refractivity (Wildman–Crippen MR) is 150 cm³/mol. The number of hydrogen-bond acceptors (Lipinski definition) is 4. The van der Waals surface area contributed by atoms with E-state index in [1.165, 1.54) is 12.1 Å². The maximum Gasteiger partial charge on any atom is 0.274 e. The molecule has 1 saturated heterocycles. The molecular formula is C30H44FN5O3. The average Bonchev–Trinajstić information content (AvgIpc) is 3.49. The third kappa shape index (κ3) is 7.67. The van der Waals surface area contributed by atoms with Crippen LogP contribution >= 0.6 is 0 Å². The highest BCUT2D eigenvalue weighted by Gasteiger charge is 2.40. The van der Waals surface area contributed by atoms with Crippen LogP contribution in [-0.4, -0.2) is 69.0 Å². The first kappa shape index (κ1) is 30.3. The van der Waals surface area contributed by atoms with E-state index in [0.29, 0.717) is 38.2 Å². The Morgan fingerprint density at radius 2 is 1.87 bits per heavy atom. The zero-order valence-electron chi connectivity index (χ0n) is 24.5. The van der Waals surface area contributed by atoms with Crippen molar-refractivity contribution in [3.63, 3.8) is 0 Å². The third-order valence-electron chi connectivity index (χ3n) is 7.75. The topological polar surface area (TPSA) is 87.5 Å². The number of halogens is 1. The van der Waals surface area contributed by atoms with Gasteiger partial charge < -0.3 is 15.1 Å². The van der Waals surface area contributed by atoms with Crippen LogP contribution in [0.1, 0.15) is 75.6 Å². The van der Waals surface area contributed by atoms with Crippen molar-refractivity contribution in [1.82, 2.24) is 24.9 Å². The number of aryl methyl sites for hydroxylation is 2. The normalized spacial score (nSPS) is 17.1. The minimum absolute atomic E-state index is 0.110. The van der Waals surface area contributed by atoms with Crippen LogP contribution in [0.3, 0.4) is 0 Å². The van der Waals surface area contributed by atoms with Crippen molar-refractivity contribution in [2.45, 2.75) is 79.3 Å². The van der Waals surface area contributed by atoms with E-state index in [1.54, 1.807) is 34.8 Å². The summed E-state index contributed by atoms with van der Waals surface area (Å²) < 4.78 is 15.1. The van der Waals surface area contributed by atoms with Crippen molar-refractivity contribution in [3.8, 4) is 0 Å². The highest BCUT2D eigenvalue weighted by atomic mass is 19.1. The van der Waals surface area contributed by atoms with E-state index in [2.05, 4.69) is 10.4 Å². The summed E-state index contributed by atoms with van der Waals surface area (Å²) >= 11 is 0. The number of likely N-dealkylation sites (tertiary alicyclic amines) is 1. The third-order valence-corrected chi connectivity index (χ3v) is 7.75. The largest absolute Gasteiger partial charge is 0.344 e. The van der Waals surface area contributed by atoms with Gasteiger partial charge in [0.2, 0.25) is 11.8 Å². The monoisotopic (exact) mass is 541 g/mol. The molecule has 1 fully saturated rings. The number of hydrogen-bond donors (Lipinski definition) is 1. The molecule has 0 aliphatic carbocycles. The summed E-state index contributed by atoms with van der Waals surface area (Å²) in [6.07, 6.45) is 2.84. The molecule has 0 saturated carbocycles. The Morgan fingerprint density at radius 3 is 2.44 bits per heavy atom. The van der Waals surface area contributed by atoms with Gasteiger partial charge in [0, 0.05) is 44.3 Å². The number of rotatable bonds is 10. The van der Waals surface area contributed by atoms with Crippen LogP contribution in [0.4, 0.5) is 4.39 Å². The van der Waals surface area contributed by atoms with Crippen LogP contribution in [0.15, 0.2) is 30.3 Å². The number of carbonyl (C=O) groups is 3. The van der Waals surface area contributed by atoms with E-state index in [0.717, 1.165) is 24.1 Å². The highest BCUT2D eigenvalue weighted by Crippen LogP contribution is 2.27. The van der Waals surface area contributed by atoms with Gasteiger partial charge in [-0.1, -0.05) is 46.8 Å². The maximum atomic E-state index is 13.9. The molecule has 8 nitrogen and oxygen atoms in total. The van der Waals surface area contributed by atoms with E-state index in [9.17, 15) is 18.8 Å². The quantitative estimate of drug-likeness (QED) is 0.490. The number of aromatic nitrogens is 2. The summed E-state index contributed by atoms with van der Waals surface area (Å²) in [4.78, 5) is 43.9. The molecule has 0 bridgehead atoms. The first-order valence-electron chi connectivity index (χ1n) is 14.0. The first-order valence-corrected chi connectivity index (χ1v) is 14.0. The maximum absolute atomic E-state index is 13.9. The molecule has 3 atom stereocenters. The minimum atomic E-state index is -0.665. The van der Waals surface area contributed by atoms with Gasteiger partial charge in [0.15, 0.2) is 5.69 Å². The van der Waals surface area contributed by atoms with Gasteiger partial charge in [-0.05, 0) is 61.8 Å². The molecule has 1 aromatic heterocycles. The fourth-order valence-electron chi connectivity index (χ4n) is 4.87. The number of carbonyl (C=O) groups excluding carboxylic acids is 3. The molecule has 1 aromatic carbocycles. The highest BCUT2D eigenvalue weighted by molar-refractivity contribution is 5.93. The fourth-order valence-corrected chi connectivity index (χ4v) is 4.87. The zero-order valence-corrected chi connectivity index (χ0v) is 24.5. The Labute approximate surface area is 231 Å². The molecular weight excluding hydrogens is 497 g/mol. The Morgan fingerprint density at radius 1 is 1.21 bits per heavy atom. The van der Waals surface area contributed by atoms with Crippen molar-refractivity contribution in [2.75, 3.05) is 19.6 Å². The molecule has 1 aliphatic heterocycles. The van der Waals surface area contributed by atoms with Gasteiger partial charge in [-0.2, -0.15) is 5.10 Å². The van der Waals surface area contributed by atoms with Gasteiger partial charge >= 0.3 is 0 Å². The summed E-state index contributed by atoms with van der Waals surface area (Å²) in [6.45, 7) is 12.9. The molecule has 9 heteroatoms. The smallest absolute Gasteiger partial charge is 0.274 e. The summed E-state index contributed by atoms with van der Waals surface area (Å²) in [5.74, 6) is -0.912. The second-order valence-electron chi connectivity index (χ2n) is 11.9. The van der Waals surface area contributed by atoms with Crippen molar-refractivity contribution < 1.29 is 18.8 Å². The predicted octanol–water partition coefficient (Wildman–Crippen LogP) is 4.12. The number of benzene rings is 1. The van der Waals surface area contributed by atoms with Crippen LogP contribution in [0.2, 0.25) is 0 Å². The second-order valence-corrected chi connectivity index (χ2v) is 11.9. The summed E-state index contributed by atoms with van der Waals surface area (Å²) in [6, 6.07) is 7.21. The number of amides is 3. The van der Waals surface area contributed by atoms with Crippen molar-refractivity contribution in [2.24, 2.45) is 18.4 Å². The van der Waals surface area contributed by atoms with Crippen LogP contribution in [0, 0.1) is 24.1 Å². The van der Waals surface area contributed by atoms with E-state index in [4.69, 9.17) is 0 Å². The molecule has 3 rings (SSSR count). The van der Waals surface area contributed by atoms with Crippen LogP contribution in [-0.2, 0) is 23.1 Å². The second kappa shape index (κ2) is 12.7. The fraction of sp³-hybridized carbons (Fsp3) is 0.600. The summed E-state index contributed by atoms with van der Waals surface area (Å²) in [7, 11) is 1.80. The van der Waals surface area contributed by atoms with E-state index in [-0.39, 0.29) is 35.5 Å². The van der Waals surface area contributed by atoms with Crippen molar-refractivity contribution >= 4 is 17.7 Å². The molecule has 2 aromatic rings. The van der Waals surface area contributed by atoms with Gasteiger partial charge in [-0.15, -0.1) is 0 Å². The van der Waals surface area contributed by atoms with E-state index < -0.39 is 11.5 Å². The molecule has 3 amide bonds. The lowest BCUT2D eigenvalue weighted by atomic mass is 9.85. The van der Waals surface area contributed by atoms with Gasteiger partial charge in [0.25, 0.3) is 5.91 Å². The number of nitrogens with zero attached hydrogens (tertiary/aromatic N) is 4. The standard InChI is InChI=1S/C30H44FN5O3/c1-8-20(2)27(37)32-26(30(4,5)6)29(39)36-16-9-10-24(36)19-35(17-15-22-11-13-23(31)14-12-22)28(38)25-18-21(3)34(7)33-25/h11-14,18,20,24,26H,8-10,15-17,19H2,1-7H3,(H,32,37)/t20-,24+,26-/m1/s1. The van der Waals surface area contributed by atoms with Gasteiger partial charge in [-0.25, -0.2) is 4.39 Å². The molecule has 0 unspecified atom stereocenters. The zero-order chi connectivity index (χ0) is 28.9. The van der Waals surface area contributed by atoms with E-state index in [1.807, 2.05) is 46.4 Å². The minimum Gasteiger partial charge on any atom is -0.344 e. The van der Waals surface area contributed by atoms with Gasteiger partial charge in [0.1, 0.15) is 11.9 Å². The van der Waals surface area contributed by atoms with Crippen LogP contribution < -0.4 is 5.32 Å². The molecule has 2 heterocycles. The molecule has 0 spiro atoms. The molecule has 1 N–H and O–H groups in total. The Bertz CT molecular complexity index is 1130. The lowest BCUT2D eigenvalue weighted by Crippen LogP contribution is -2.57. The summed E-state index contributed by atoms with van der Waals surface area (Å²) in [5, 5.41) is 7.40. The van der Waals surface area contributed by atoms with Crippen LogP contribution in [0.5, 0.6) is 0 Å².